The fraction of sp³-hybridized carbons (Fsp3) is 0.143. The summed E-state index contributed by atoms with van der Waals surface area (Å²) >= 11 is 0. The highest BCUT2D eigenvalue weighted by atomic mass is 19.3. The van der Waals surface area contributed by atoms with Gasteiger partial charge in [-0.15, -0.1) is 0 Å². The second-order valence-electron chi connectivity index (χ2n) is 6.55. The van der Waals surface area contributed by atoms with Crippen LogP contribution in [0.3, 0.4) is 0 Å². The van der Waals surface area contributed by atoms with Gasteiger partial charge in [-0.1, -0.05) is 0 Å². The molecular weight excluding hydrogens is 420 g/mol. The lowest BCUT2D eigenvalue weighted by atomic mass is 10.00. The van der Waals surface area contributed by atoms with E-state index < -0.39 is 69.0 Å². The molecule has 0 fully saturated rings. The zero-order chi connectivity index (χ0) is 22.4. The van der Waals surface area contributed by atoms with E-state index in [0.29, 0.717) is 24.3 Å². The Bertz CT molecular complexity index is 1070. The molecule has 0 spiro atoms. The van der Waals surface area contributed by atoms with Crippen LogP contribution in [0.15, 0.2) is 36.4 Å². The number of alkyl halides is 2. The molecule has 0 aliphatic carbocycles. The number of hydrogen-bond acceptors (Lipinski definition) is 1. The lowest BCUT2D eigenvalue weighted by molar-refractivity contribution is -0.189. The average molecular weight is 432 g/mol. The average Bonchev–Trinajstić information content (AvgIpc) is 2.57. The molecule has 0 bridgehead atoms. The third-order valence-electron chi connectivity index (χ3n) is 4.31. The molecule has 1 nitrogen and oxygen atoms in total. The van der Waals surface area contributed by atoms with E-state index in [1.807, 2.05) is 0 Å². The first-order valence-corrected chi connectivity index (χ1v) is 8.38. The third-order valence-corrected chi connectivity index (χ3v) is 4.31. The van der Waals surface area contributed by atoms with Gasteiger partial charge >= 0.3 is 6.11 Å². The molecule has 3 aromatic carbocycles. The highest BCUT2D eigenvalue weighted by Crippen LogP contribution is 2.38. The molecule has 158 valence electrons. The molecular formula is C21H12F8O. The fourth-order valence-electron chi connectivity index (χ4n) is 2.85. The van der Waals surface area contributed by atoms with Crippen LogP contribution in [-0.2, 0) is 6.11 Å². The summed E-state index contributed by atoms with van der Waals surface area (Å²) in [6, 6.07) is 3.27. The Balaban J connectivity index is 2.05. The number of benzene rings is 3. The molecule has 0 saturated heterocycles. The zero-order valence-corrected chi connectivity index (χ0v) is 15.4. The minimum Gasteiger partial charge on any atom is -0.429 e. The van der Waals surface area contributed by atoms with Gasteiger partial charge in [-0.2, -0.15) is 8.78 Å². The Labute approximate surface area is 165 Å². The van der Waals surface area contributed by atoms with E-state index in [1.165, 1.54) is 6.92 Å². The van der Waals surface area contributed by atoms with E-state index in [0.717, 1.165) is 19.1 Å². The van der Waals surface area contributed by atoms with Crippen molar-refractivity contribution in [1.82, 2.24) is 0 Å². The van der Waals surface area contributed by atoms with Gasteiger partial charge in [-0.05, 0) is 49.2 Å². The Morgan fingerprint density at radius 1 is 0.633 bits per heavy atom. The monoisotopic (exact) mass is 432 g/mol. The van der Waals surface area contributed by atoms with E-state index in [-0.39, 0.29) is 5.56 Å². The molecule has 3 rings (SSSR count). The lowest BCUT2D eigenvalue weighted by Gasteiger charge is -2.20. The van der Waals surface area contributed by atoms with Gasteiger partial charge < -0.3 is 4.74 Å². The number of ether oxygens (including phenoxy) is 1. The molecule has 3 aromatic rings. The van der Waals surface area contributed by atoms with Crippen molar-refractivity contribution in [2.45, 2.75) is 20.0 Å². The number of rotatable bonds is 4. The van der Waals surface area contributed by atoms with Crippen molar-refractivity contribution in [1.29, 1.82) is 0 Å². The molecule has 0 unspecified atom stereocenters. The van der Waals surface area contributed by atoms with Crippen LogP contribution in [0.2, 0.25) is 0 Å². The highest BCUT2D eigenvalue weighted by Gasteiger charge is 2.41. The molecule has 0 atom stereocenters. The van der Waals surface area contributed by atoms with Crippen molar-refractivity contribution in [2.75, 3.05) is 0 Å². The summed E-state index contributed by atoms with van der Waals surface area (Å²) in [5, 5.41) is 0. The molecule has 9 heteroatoms. The minimum absolute atomic E-state index is 0.198. The predicted molar refractivity (Wildman–Crippen MR) is 92.1 cm³/mol. The van der Waals surface area contributed by atoms with Crippen molar-refractivity contribution in [3.05, 3.63) is 88.0 Å². The Kier molecular flexibility index (Phi) is 5.49. The van der Waals surface area contributed by atoms with E-state index >= 15 is 0 Å². The maximum Gasteiger partial charge on any atom is 0.432 e. The first-order valence-electron chi connectivity index (χ1n) is 8.38. The normalized spacial score (nSPS) is 11.7. The van der Waals surface area contributed by atoms with Gasteiger partial charge in [0, 0.05) is 17.7 Å². The van der Waals surface area contributed by atoms with Crippen LogP contribution in [0.4, 0.5) is 35.1 Å². The summed E-state index contributed by atoms with van der Waals surface area (Å²) in [5.74, 6) is -9.46. The highest BCUT2D eigenvalue weighted by molar-refractivity contribution is 5.66. The maximum atomic E-state index is 14.4. The van der Waals surface area contributed by atoms with Crippen molar-refractivity contribution in [2.24, 2.45) is 0 Å². The first kappa shape index (κ1) is 21.6. The molecule has 0 aliphatic rings. The molecule has 0 aliphatic heterocycles. The number of aryl methyl sites for hydroxylation is 1. The van der Waals surface area contributed by atoms with Gasteiger partial charge in [0.05, 0.1) is 5.56 Å². The summed E-state index contributed by atoms with van der Waals surface area (Å²) in [6.07, 6.45) is -4.69. The van der Waals surface area contributed by atoms with E-state index in [1.54, 1.807) is 0 Å². The van der Waals surface area contributed by atoms with Crippen molar-refractivity contribution >= 4 is 0 Å². The smallest absolute Gasteiger partial charge is 0.429 e. The second kappa shape index (κ2) is 7.62. The summed E-state index contributed by atoms with van der Waals surface area (Å²) in [7, 11) is 0. The molecule has 0 saturated carbocycles. The molecule has 0 radical (unpaired) electrons. The van der Waals surface area contributed by atoms with Crippen LogP contribution in [0.25, 0.3) is 11.1 Å². The first-order chi connectivity index (χ1) is 13.9. The van der Waals surface area contributed by atoms with Crippen molar-refractivity contribution < 1.29 is 39.9 Å². The number of halogens is 8. The summed E-state index contributed by atoms with van der Waals surface area (Å²) in [4.78, 5) is 0. The number of hydrogen-bond donors (Lipinski definition) is 0. The molecule has 0 amide bonds. The van der Waals surface area contributed by atoms with Crippen molar-refractivity contribution in [3.8, 4) is 16.9 Å². The topological polar surface area (TPSA) is 9.23 Å². The predicted octanol–water partition coefficient (Wildman–Crippen LogP) is 6.93. The van der Waals surface area contributed by atoms with Crippen LogP contribution >= 0.6 is 0 Å². The lowest BCUT2D eigenvalue weighted by Crippen LogP contribution is -2.25. The second-order valence-corrected chi connectivity index (χ2v) is 6.55. The zero-order valence-electron chi connectivity index (χ0n) is 15.4. The van der Waals surface area contributed by atoms with Crippen LogP contribution in [0.1, 0.15) is 16.7 Å². The molecule has 30 heavy (non-hydrogen) atoms. The SMILES string of the molecule is Cc1cc(F)c(-c2cc(F)c(C(F)(F)Oc3cc(F)c(C)c(F)c3)c(F)c2)c(F)c1. The molecule has 0 N–H and O–H groups in total. The van der Waals surface area contributed by atoms with Gasteiger partial charge in [0.1, 0.15) is 46.2 Å². The third kappa shape index (κ3) is 3.96. The van der Waals surface area contributed by atoms with E-state index in [9.17, 15) is 35.1 Å². The summed E-state index contributed by atoms with van der Waals surface area (Å²) in [6.45, 7) is 2.43. The van der Waals surface area contributed by atoms with Crippen molar-refractivity contribution in [3.63, 3.8) is 0 Å². The van der Waals surface area contributed by atoms with Gasteiger partial charge in [0.15, 0.2) is 0 Å². The van der Waals surface area contributed by atoms with Gasteiger partial charge in [0.25, 0.3) is 0 Å². The van der Waals surface area contributed by atoms with Gasteiger partial charge in [-0.3, -0.25) is 0 Å². The molecule has 0 aromatic heterocycles. The van der Waals surface area contributed by atoms with Gasteiger partial charge in [-0.25, -0.2) is 26.3 Å². The largest absolute Gasteiger partial charge is 0.432 e. The van der Waals surface area contributed by atoms with Crippen LogP contribution in [-0.4, -0.2) is 0 Å². The standard InChI is InChI=1S/C21H12F8O/c1-9-3-15(24)19(16(25)4-9)11-5-17(26)20(18(27)6-11)21(28,29)30-12-7-13(22)10(2)14(23)8-12/h3-8H,1-2H3. The fourth-order valence-corrected chi connectivity index (χ4v) is 2.85. The van der Waals surface area contributed by atoms with Crippen LogP contribution in [0.5, 0.6) is 5.75 Å². The summed E-state index contributed by atoms with van der Waals surface area (Å²) in [5.41, 5.74) is -3.62. The van der Waals surface area contributed by atoms with Crippen LogP contribution in [0, 0.1) is 48.8 Å². The Morgan fingerprint density at radius 2 is 1.10 bits per heavy atom. The van der Waals surface area contributed by atoms with Gasteiger partial charge in [0.2, 0.25) is 0 Å². The van der Waals surface area contributed by atoms with Crippen LogP contribution < -0.4 is 4.74 Å². The molecule has 0 heterocycles. The quantitative estimate of drug-likeness (QED) is 0.406. The van der Waals surface area contributed by atoms with E-state index in [2.05, 4.69) is 4.74 Å². The Hall–Kier alpha value is -3.10. The summed E-state index contributed by atoms with van der Waals surface area (Å²) < 4.78 is 117. The van der Waals surface area contributed by atoms with E-state index in [4.69, 9.17) is 0 Å². The Morgan fingerprint density at radius 3 is 1.57 bits per heavy atom. The maximum absolute atomic E-state index is 14.4. The minimum atomic E-state index is -4.69.